The maximum atomic E-state index is 9.73. The molecule has 0 amide bonds. The molecule has 0 aliphatic rings. The highest BCUT2D eigenvalue weighted by molar-refractivity contribution is 5.78. The quantitative estimate of drug-likeness (QED) is 0.794. The lowest BCUT2D eigenvalue weighted by Crippen LogP contribution is -1.90. The van der Waals surface area contributed by atoms with Crippen LogP contribution in [0.3, 0.4) is 0 Å². The molecule has 0 radical (unpaired) electrons. The summed E-state index contributed by atoms with van der Waals surface area (Å²) in [7, 11) is 1.61. The Hall–Kier alpha value is -2.40. The molecule has 2 nitrogen and oxygen atoms in total. The van der Waals surface area contributed by atoms with Crippen LogP contribution in [0.1, 0.15) is 5.56 Å². The van der Waals surface area contributed by atoms with Gasteiger partial charge >= 0.3 is 0 Å². The zero-order chi connectivity index (χ0) is 12.3. The van der Waals surface area contributed by atoms with E-state index in [4.69, 9.17) is 11.2 Å². The van der Waals surface area contributed by atoms with E-state index in [1.165, 1.54) is 0 Å². The van der Waals surface area contributed by atoms with Gasteiger partial charge in [0.1, 0.15) is 11.5 Å². The number of ether oxygens (including phenoxy) is 1. The van der Waals surface area contributed by atoms with E-state index < -0.39 is 0 Å². The zero-order valence-electron chi connectivity index (χ0n) is 9.47. The summed E-state index contributed by atoms with van der Waals surface area (Å²) in [6, 6.07) is 12.8. The molecule has 17 heavy (non-hydrogen) atoms. The summed E-state index contributed by atoms with van der Waals surface area (Å²) in [5, 5.41) is 9.73. The monoisotopic (exact) mass is 224 g/mol. The number of phenolic OH excluding ortho intramolecular Hbond substituents is 1. The molecule has 84 valence electrons. The van der Waals surface area contributed by atoms with Crippen molar-refractivity contribution in [1.29, 1.82) is 0 Å². The van der Waals surface area contributed by atoms with Crippen LogP contribution in [0, 0.1) is 12.3 Å². The summed E-state index contributed by atoms with van der Waals surface area (Å²) in [6.07, 6.45) is 5.43. The van der Waals surface area contributed by atoms with Crippen LogP contribution in [0.5, 0.6) is 11.5 Å². The summed E-state index contributed by atoms with van der Waals surface area (Å²) in [5.74, 6) is 3.35. The van der Waals surface area contributed by atoms with E-state index in [2.05, 4.69) is 5.92 Å². The lowest BCUT2D eigenvalue weighted by Gasteiger charge is -2.10. The summed E-state index contributed by atoms with van der Waals surface area (Å²) in [5.41, 5.74) is 2.15. The lowest BCUT2D eigenvalue weighted by atomic mass is 9.98. The Morgan fingerprint density at radius 2 is 1.76 bits per heavy atom. The first kappa shape index (κ1) is 11.1. The van der Waals surface area contributed by atoms with Crippen molar-refractivity contribution in [2.45, 2.75) is 0 Å². The van der Waals surface area contributed by atoms with Crippen molar-refractivity contribution < 1.29 is 9.84 Å². The van der Waals surface area contributed by atoms with Crippen molar-refractivity contribution in [3.63, 3.8) is 0 Å². The van der Waals surface area contributed by atoms with E-state index in [1.54, 1.807) is 19.2 Å². The minimum Gasteiger partial charge on any atom is -0.507 e. The Kier molecular flexibility index (Phi) is 3.02. The molecule has 0 atom stereocenters. The second kappa shape index (κ2) is 4.63. The molecule has 2 rings (SSSR count). The van der Waals surface area contributed by atoms with E-state index in [1.807, 2.05) is 30.3 Å². The van der Waals surface area contributed by atoms with Gasteiger partial charge in [-0.05, 0) is 12.1 Å². The van der Waals surface area contributed by atoms with Crippen molar-refractivity contribution in [2.24, 2.45) is 0 Å². The molecule has 0 aliphatic carbocycles. The molecule has 2 aromatic carbocycles. The molecular formula is C15H12O2. The molecule has 0 bridgehead atoms. The predicted molar refractivity (Wildman–Crippen MR) is 68.0 cm³/mol. The molecule has 0 saturated carbocycles. The maximum absolute atomic E-state index is 9.73. The Morgan fingerprint density at radius 3 is 2.47 bits per heavy atom. The first-order valence-electron chi connectivity index (χ1n) is 5.20. The Morgan fingerprint density at radius 1 is 1.06 bits per heavy atom. The molecular weight excluding hydrogens is 212 g/mol. The van der Waals surface area contributed by atoms with Crippen LogP contribution >= 0.6 is 0 Å². The minimum atomic E-state index is 0.107. The third-order valence-electron chi connectivity index (χ3n) is 2.58. The van der Waals surface area contributed by atoms with Gasteiger partial charge in [-0.25, -0.2) is 0 Å². The van der Waals surface area contributed by atoms with E-state index in [-0.39, 0.29) is 5.75 Å². The topological polar surface area (TPSA) is 29.5 Å². The summed E-state index contributed by atoms with van der Waals surface area (Å²) < 4.78 is 5.29. The number of benzene rings is 2. The number of methoxy groups -OCH3 is 1. The van der Waals surface area contributed by atoms with Crippen LogP contribution in [-0.4, -0.2) is 12.2 Å². The molecule has 1 N–H and O–H groups in total. The first-order valence-corrected chi connectivity index (χ1v) is 5.20. The number of rotatable bonds is 2. The van der Waals surface area contributed by atoms with Gasteiger partial charge in [-0.15, -0.1) is 6.42 Å². The smallest absolute Gasteiger partial charge is 0.131 e. The molecule has 0 heterocycles. The highest BCUT2D eigenvalue weighted by Gasteiger charge is 2.11. The molecule has 0 aliphatic heterocycles. The van der Waals surface area contributed by atoms with Crippen LogP contribution in [0.15, 0.2) is 42.5 Å². The largest absolute Gasteiger partial charge is 0.507 e. The number of terminal acetylenes is 1. The summed E-state index contributed by atoms with van der Waals surface area (Å²) in [6.45, 7) is 0. The molecule has 0 aromatic heterocycles. The lowest BCUT2D eigenvalue weighted by molar-refractivity contribution is 0.416. The van der Waals surface area contributed by atoms with Crippen LogP contribution < -0.4 is 4.74 Å². The van der Waals surface area contributed by atoms with Gasteiger partial charge < -0.3 is 9.84 Å². The van der Waals surface area contributed by atoms with E-state index in [0.29, 0.717) is 5.56 Å². The number of hydrogen-bond donors (Lipinski definition) is 1. The van der Waals surface area contributed by atoms with Crippen LogP contribution in [-0.2, 0) is 0 Å². The van der Waals surface area contributed by atoms with Gasteiger partial charge in [0.25, 0.3) is 0 Å². The van der Waals surface area contributed by atoms with Crippen molar-refractivity contribution in [3.8, 4) is 35.0 Å². The fourth-order valence-electron chi connectivity index (χ4n) is 1.78. The minimum absolute atomic E-state index is 0.107. The van der Waals surface area contributed by atoms with Gasteiger partial charge in [-0.3, -0.25) is 0 Å². The average Bonchev–Trinajstić information content (AvgIpc) is 2.38. The standard InChI is InChI=1S/C15H12O2/c1-3-11-12(8-6-9-14(11)16)13-7-4-5-10-15(13)17-2/h1,4-10,16H,2H3. The van der Waals surface area contributed by atoms with E-state index in [9.17, 15) is 5.11 Å². The number of hydrogen-bond acceptors (Lipinski definition) is 2. The molecule has 0 saturated heterocycles. The summed E-state index contributed by atoms with van der Waals surface area (Å²) in [4.78, 5) is 0. The molecule has 0 fully saturated rings. The third kappa shape index (κ3) is 1.95. The summed E-state index contributed by atoms with van der Waals surface area (Å²) >= 11 is 0. The Labute approximate surface area is 100 Å². The van der Waals surface area contributed by atoms with Crippen LogP contribution in [0.25, 0.3) is 11.1 Å². The SMILES string of the molecule is C#Cc1c(O)cccc1-c1ccccc1OC. The van der Waals surface area contributed by atoms with E-state index in [0.717, 1.165) is 16.9 Å². The number of phenols is 1. The predicted octanol–water partition coefficient (Wildman–Crippen LogP) is 3.05. The highest BCUT2D eigenvalue weighted by atomic mass is 16.5. The van der Waals surface area contributed by atoms with Crippen molar-refractivity contribution >= 4 is 0 Å². The van der Waals surface area contributed by atoms with Crippen LogP contribution in [0.2, 0.25) is 0 Å². The van der Waals surface area contributed by atoms with Crippen molar-refractivity contribution in [2.75, 3.05) is 7.11 Å². The van der Waals surface area contributed by atoms with Gasteiger partial charge in [0.2, 0.25) is 0 Å². The molecule has 2 heteroatoms. The number of aromatic hydroxyl groups is 1. The fraction of sp³-hybridized carbons (Fsp3) is 0.0667. The first-order chi connectivity index (χ1) is 8.27. The maximum Gasteiger partial charge on any atom is 0.131 e. The third-order valence-corrected chi connectivity index (χ3v) is 2.58. The van der Waals surface area contributed by atoms with Gasteiger partial charge in [0, 0.05) is 11.1 Å². The molecule has 0 spiro atoms. The molecule has 0 unspecified atom stereocenters. The second-order valence-electron chi connectivity index (χ2n) is 3.54. The normalized spacial score (nSPS) is 9.65. The van der Waals surface area contributed by atoms with E-state index >= 15 is 0 Å². The Bertz CT molecular complexity index is 580. The number of para-hydroxylation sites is 1. The van der Waals surface area contributed by atoms with Crippen molar-refractivity contribution in [3.05, 3.63) is 48.0 Å². The van der Waals surface area contributed by atoms with Gasteiger partial charge in [-0.1, -0.05) is 36.3 Å². The van der Waals surface area contributed by atoms with Crippen molar-refractivity contribution in [1.82, 2.24) is 0 Å². The van der Waals surface area contributed by atoms with Gasteiger partial charge in [0.15, 0.2) is 0 Å². The second-order valence-corrected chi connectivity index (χ2v) is 3.54. The fourth-order valence-corrected chi connectivity index (χ4v) is 1.78. The average molecular weight is 224 g/mol. The van der Waals surface area contributed by atoms with Gasteiger partial charge in [0.05, 0.1) is 12.7 Å². The Balaban J connectivity index is 2.69. The highest BCUT2D eigenvalue weighted by Crippen LogP contribution is 2.34. The van der Waals surface area contributed by atoms with Crippen LogP contribution in [0.4, 0.5) is 0 Å². The molecule has 2 aromatic rings. The van der Waals surface area contributed by atoms with Gasteiger partial charge in [-0.2, -0.15) is 0 Å². The zero-order valence-corrected chi connectivity index (χ0v) is 9.47.